The summed E-state index contributed by atoms with van der Waals surface area (Å²) in [7, 11) is 1.59. The second kappa shape index (κ2) is 11.4. The number of hydrogen-bond donors (Lipinski definition) is 0. The first kappa shape index (κ1) is 27.1. The topological polar surface area (TPSA) is 79.1 Å². The summed E-state index contributed by atoms with van der Waals surface area (Å²) in [6.07, 6.45) is 1.83. The van der Waals surface area contributed by atoms with Crippen LogP contribution in [-0.4, -0.2) is 30.9 Å². The third-order valence-corrected chi connectivity index (χ3v) is 8.26. The van der Waals surface area contributed by atoms with Crippen molar-refractivity contribution in [2.45, 2.75) is 26.8 Å². The number of ether oxygens (including phenoxy) is 3. The number of halogens is 1. The number of benzene rings is 3. The Morgan fingerprint density at radius 3 is 2.64 bits per heavy atom. The van der Waals surface area contributed by atoms with Crippen molar-refractivity contribution in [3.63, 3.8) is 0 Å². The molecule has 0 unspecified atom stereocenters. The van der Waals surface area contributed by atoms with Gasteiger partial charge < -0.3 is 14.2 Å². The summed E-state index contributed by atoms with van der Waals surface area (Å²) in [4.78, 5) is 32.5. The minimum absolute atomic E-state index is 0.223. The monoisotopic (exact) mass is 654 g/mol. The molecule has 7 nitrogen and oxygen atoms in total. The first-order valence-corrected chi connectivity index (χ1v) is 14.4. The quantitative estimate of drug-likeness (QED) is 0.208. The number of thiazole rings is 1. The highest BCUT2D eigenvalue weighted by molar-refractivity contribution is 14.1. The lowest BCUT2D eigenvalue weighted by atomic mass is 9.91. The molecule has 39 heavy (non-hydrogen) atoms. The van der Waals surface area contributed by atoms with Crippen LogP contribution >= 0.6 is 33.9 Å². The van der Waals surface area contributed by atoms with Crippen molar-refractivity contribution in [1.29, 1.82) is 0 Å². The summed E-state index contributed by atoms with van der Waals surface area (Å²) < 4.78 is 19.7. The molecule has 5 rings (SSSR count). The van der Waals surface area contributed by atoms with E-state index in [4.69, 9.17) is 19.2 Å². The van der Waals surface area contributed by atoms with E-state index in [0.29, 0.717) is 38.7 Å². The van der Waals surface area contributed by atoms with E-state index in [-0.39, 0.29) is 12.2 Å². The molecule has 1 atom stereocenters. The minimum atomic E-state index is -0.677. The van der Waals surface area contributed by atoms with Gasteiger partial charge in [-0.25, -0.2) is 9.79 Å². The first-order chi connectivity index (χ1) is 18.9. The molecular formula is C30H27IN2O5S. The normalized spacial score (nSPS) is 15.2. The molecule has 0 spiro atoms. The highest BCUT2D eigenvalue weighted by Crippen LogP contribution is 2.36. The molecule has 0 amide bonds. The van der Waals surface area contributed by atoms with Gasteiger partial charge in [0.1, 0.15) is 0 Å². The second-order valence-corrected chi connectivity index (χ2v) is 11.0. The number of hydrogen-bond acceptors (Lipinski definition) is 7. The molecule has 0 saturated heterocycles. The Hall–Kier alpha value is -3.44. The van der Waals surface area contributed by atoms with E-state index in [1.165, 1.54) is 11.3 Å². The molecule has 1 aliphatic rings. The molecule has 0 N–H and O–H groups in total. The predicted octanol–water partition coefficient (Wildman–Crippen LogP) is 4.96. The molecule has 1 aliphatic heterocycles. The molecule has 0 bridgehead atoms. The van der Waals surface area contributed by atoms with Crippen LogP contribution in [-0.2, 0) is 9.53 Å². The van der Waals surface area contributed by atoms with E-state index in [2.05, 4.69) is 22.6 Å². The van der Waals surface area contributed by atoms with Gasteiger partial charge in [0.25, 0.3) is 5.56 Å². The number of allylic oxidation sites excluding steroid dienone is 1. The number of carbonyl (C=O) groups is 1. The Morgan fingerprint density at radius 1 is 1.13 bits per heavy atom. The van der Waals surface area contributed by atoms with Gasteiger partial charge in [-0.2, -0.15) is 0 Å². The number of carbonyl (C=O) groups excluding carboxylic acids is 1. The van der Waals surface area contributed by atoms with Crippen LogP contribution in [0.1, 0.15) is 37.9 Å². The smallest absolute Gasteiger partial charge is 0.338 e. The summed E-state index contributed by atoms with van der Waals surface area (Å²) in [5.74, 6) is 0.790. The molecule has 0 radical (unpaired) electrons. The van der Waals surface area contributed by atoms with Crippen LogP contribution in [0, 0.1) is 3.57 Å². The van der Waals surface area contributed by atoms with Crippen LogP contribution in [0.5, 0.6) is 11.5 Å². The first-order valence-electron chi connectivity index (χ1n) is 12.6. The van der Waals surface area contributed by atoms with Crippen LogP contribution in [0.4, 0.5) is 0 Å². The molecule has 9 heteroatoms. The van der Waals surface area contributed by atoms with Gasteiger partial charge in [-0.05, 0) is 83.5 Å². The molecule has 3 aromatic carbocycles. The Bertz CT molecular complexity index is 1800. The van der Waals surface area contributed by atoms with Crippen molar-refractivity contribution in [2.24, 2.45) is 4.99 Å². The van der Waals surface area contributed by atoms with Gasteiger partial charge in [-0.1, -0.05) is 53.8 Å². The maximum Gasteiger partial charge on any atom is 0.338 e. The third kappa shape index (κ3) is 5.00. The lowest BCUT2D eigenvalue weighted by molar-refractivity contribution is -0.139. The number of nitrogens with zero attached hydrogens (tertiary/aromatic N) is 2. The van der Waals surface area contributed by atoms with Gasteiger partial charge >= 0.3 is 5.97 Å². The Morgan fingerprint density at radius 2 is 1.90 bits per heavy atom. The van der Waals surface area contributed by atoms with Crippen LogP contribution in [0.25, 0.3) is 16.8 Å². The van der Waals surface area contributed by atoms with Crippen LogP contribution in [0.15, 0.2) is 75.7 Å². The summed E-state index contributed by atoms with van der Waals surface area (Å²) in [5, 5.41) is 1.98. The predicted molar refractivity (Wildman–Crippen MR) is 161 cm³/mol. The van der Waals surface area contributed by atoms with Crippen molar-refractivity contribution in [3.8, 4) is 11.5 Å². The fraction of sp³-hybridized carbons (Fsp3) is 0.233. The molecule has 200 valence electrons. The average molecular weight is 655 g/mol. The maximum absolute atomic E-state index is 14.0. The number of aromatic nitrogens is 1. The lowest BCUT2D eigenvalue weighted by Gasteiger charge is -2.25. The third-order valence-electron chi connectivity index (χ3n) is 6.47. The highest BCUT2D eigenvalue weighted by Gasteiger charge is 2.34. The average Bonchev–Trinajstić information content (AvgIpc) is 3.23. The number of esters is 1. The second-order valence-electron chi connectivity index (χ2n) is 8.84. The van der Waals surface area contributed by atoms with Gasteiger partial charge in [0.15, 0.2) is 16.3 Å². The number of fused-ring (bicyclic) bond motifs is 2. The molecule has 1 aromatic heterocycles. The molecular weight excluding hydrogens is 627 g/mol. The van der Waals surface area contributed by atoms with Crippen LogP contribution in [0.2, 0.25) is 0 Å². The summed E-state index contributed by atoms with van der Waals surface area (Å²) in [6, 6.07) is 17.0. The Kier molecular flexibility index (Phi) is 7.90. The summed E-state index contributed by atoms with van der Waals surface area (Å²) >= 11 is 3.50. The van der Waals surface area contributed by atoms with E-state index < -0.39 is 12.0 Å². The lowest BCUT2D eigenvalue weighted by Crippen LogP contribution is -2.40. The van der Waals surface area contributed by atoms with Gasteiger partial charge in [-0.3, -0.25) is 9.36 Å². The maximum atomic E-state index is 14.0. The van der Waals surface area contributed by atoms with Gasteiger partial charge in [0.2, 0.25) is 0 Å². The van der Waals surface area contributed by atoms with Crippen LogP contribution in [0.3, 0.4) is 0 Å². The number of methoxy groups -OCH3 is 1. The van der Waals surface area contributed by atoms with E-state index in [1.807, 2.05) is 67.6 Å². The van der Waals surface area contributed by atoms with E-state index >= 15 is 0 Å². The van der Waals surface area contributed by atoms with E-state index in [9.17, 15) is 9.59 Å². The fourth-order valence-electron chi connectivity index (χ4n) is 4.83. The fourth-order valence-corrected chi connectivity index (χ4v) is 6.66. The van der Waals surface area contributed by atoms with Crippen molar-refractivity contribution < 1.29 is 19.0 Å². The zero-order chi connectivity index (χ0) is 27.7. The van der Waals surface area contributed by atoms with Crippen molar-refractivity contribution in [1.82, 2.24) is 4.57 Å². The van der Waals surface area contributed by atoms with Crippen molar-refractivity contribution >= 4 is 56.7 Å². The molecule has 0 aliphatic carbocycles. The van der Waals surface area contributed by atoms with Crippen LogP contribution < -0.4 is 24.4 Å². The molecule has 2 heterocycles. The zero-order valence-corrected chi connectivity index (χ0v) is 25.0. The minimum Gasteiger partial charge on any atom is -0.493 e. The van der Waals surface area contributed by atoms with E-state index in [1.54, 1.807) is 25.5 Å². The largest absolute Gasteiger partial charge is 0.493 e. The van der Waals surface area contributed by atoms with Gasteiger partial charge in [-0.15, -0.1) is 0 Å². The summed E-state index contributed by atoms with van der Waals surface area (Å²) in [5.41, 5.74) is 2.32. The van der Waals surface area contributed by atoms with E-state index in [0.717, 1.165) is 25.5 Å². The zero-order valence-electron chi connectivity index (χ0n) is 22.0. The number of rotatable bonds is 7. The Balaban J connectivity index is 1.75. The standard InChI is InChI=1S/C30H27IN2O5S/c1-5-37-27-22(31)14-18(15-23(27)36-4)16-24-28(34)33-26(21-13-9-11-19-10-7-8-12-20(19)21)25(29(35)38-6-2)17(3)32-30(33)39-24/h7-16,26H,5-6H2,1-4H3/b24-16-/t26-/m0/s1. The SMILES string of the molecule is CCOC(=O)C1=C(C)N=c2s/c(=C\c3cc(I)c(OCC)c(OC)c3)c(=O)n2[C@H]1c1cccc2ccccc12. The van der Waals surface area contributed by atoms with Gasteiger partial charge in [0, 0.05) is 0 Å². The van der Waals surface area contributed by atoms with Gasteiger partial charge in [0.05, 0.1) is 45.7 Å². The summed E-state index contributed by atoms with van der Waals surface area (Å²) in [6.45, 7) is 6.22. The molecule has 4 aromatic rings. The molecule has 0 fully saturated rings. The van der Waals surface area contributed by atoms with Crippen molar-refractivity contribution in [2.75, 3.05) is 20.3 Å². The van der Waals surface area contributed by atoms with Crippen molar-refractivity contribution in [3.05, 3.63) is 100 Å². The molecule has 0 saturated carbocycles. The Labute approximate surface area is 243 Å². The highest BCUT2D eigenvalue weighted by atomic mass is 127.